The van der Waals surface area contributed by atoms with Crippen LogP contribution in [0.3, 0.4) is 0 Å². The molecule has 2 aromatic heterocycles. The molecule has 0 N–H and O–H groups in total. The second-order valence-electron chi connectivity index (χ2n) is 10.3. The minimum atomic E-state index is -4.79. The number of nitro groups is 2. The molecular formula is C31H24F6N4O9. The zero-order valence-electron chi connectivity index (χ0n) is 25.8. The van der Waals surface area contributed by atoms with Crippen molar-refractivity contribution in [3.05, 3.63) is 115 Å². The van der Waals surface area contributed by atoms with Crippen molar-refractivity contribution in [1.29, 1.82) is 0 Å². The summed E-state index contributed by atoms with van der Waals surface area (Å²) in [5.41, 5.74) is -2.85. The highest BCUT2D eigenvalue weighted by molar-refractivity contribution is 5.69. The fraction of sp³-hybridized carbons (Fsp3) is 0.258. The van der Waals surface area contributed by atoms with Gasteiger partial charge in [-0.1, -0.05) is 0 Å². The maximum absolute atomic E-state index is 13.5. The molecule has 50 heavy (non-hydrogen) atoms. The predicted octanol–water partition coefficient (Wildman–Crippen LogP) is 7.50. The number of carbonyl (C=O) groups excluding carboxylic acids is 1. The number of halogens is 6. The number of carbonyl (C=O) groups is 1. The lowest BCUT2D eigenvalue weighted by molar-refractivity contribution is -0.385. The average molecular weight is 711 g/mol. The number of aryl methyl sites for hydroxylation is 4. The van der Waals surface area contributed by atoms with Crippen molar-refractivity contribution >= 4 is 17.5 Å². The summed E-state index contributed by atoms with van der Waals surface area (Å²) < 4.78 is 101. The van der Waals surface area contributed by atoms with Gasteiger partial charge in [0.2, 0.25) is 11.8 Å². The minimum Gasteiger partial charge on any atom is -0.481 e. The topological polar surface area (TPSA) is 166 Å². The Morgan fingerprint density at radius 3 is 1.36 bits per heavy atom. The van der Waals surface area contributed by atoms with E-state index in [9.17, 15) is 51.4 Å². The van der Waals surface area contributed by atoms with Crippen LogP contribution in [0, 0.1) is 20.2 Å². The van der Waals surface area contributed by atoms with E-state index in [-0.39, 0.29) is 59.4 Å². The first kappa shape index (κ1) is 36.8. The lowest BCUT2D eigenvalue weighted by atomic mass is 10.0. The van der Waals surface area contributed by atoms with Crippen LogP contribution in [0.15, 0.2) is 60.9 Å². The summed E-state index contributed by atoms with van der Waals surface area (Å²) in [5, 5.41) is 22.8. The SMILES string of the molecule is COc1ncc(CCc2cc([N+](=O)[O-])ccc2OC(=O)Oc2ccc([N+](=O)[O-])cc2CCc2cnc(OC)c(C(F)(F)F)c2)cc1C(F)(F)F. The number of alkyl halides is 6. The van der Waals surface area contributed by atoms with Gasteiger partial charge in [-0.15, -0.1) is 0 Å². The van der Waals surface area contributed by atoms with Crippen molar-refractivity contribution in [1.82, 2.24) is 9.97 Å². The highest BCUT2D eigenvalue weighted by atomic mass is 19.4. The summed E-state index contributed by atoms with van der Waals surface area (Å²) in [7, 11) is 2.04. The molecule has 0 fully saturated rings. The number of ether oxygens (including phenoxy) is 4. The number of aromatic nitrogens is 2. The van der Waals surface area contributed by atoms with Gasteiger partial charge >= 0.3 is 18.5 Å². The quantitative estimate of drug-likeness (QED) is 0.0470. The number of non-ortho nitro benzene ring substituents is 2. The highest BCUT2D eigenvalue weighted by Gasteiger charge is 2.36. The van der Waals surface area contributed by atoms with Gasteiger partial charge < -0.3 is 18.9 Å². The number of benzene rings is 2. The Morgan fingerprint density at radius 1 is 0.660 bits per heavy atom. The Morgan fingerprint density at radius 2 is 1.04 bits per heavy atom. The molecule has 0 aliphatic carbocycles. The monoisotopic (exact) mass is 710 g/mol. The van der Waals surface area contributed by atoms with E-state index in [1.807, 2.05) is 0 Å². The third kappa shape index (κ3) is 9.11. The Kier molecular flexibility index (Phi) is 11.1. The second kappa shape index (κ2) is 15.0. The summed E-state index contributed by atoms with van der Waals surface area (Å²) in [6, 6.07) is 7.90. The largest absolute Gasteiger partial charge is 0.519 e. The fourth-order valence-corrected chi connectivity index (χ4v) is 4.70. The molecule has 0 atom stereocenters. The van der Waals surface area contributed by atoms with Crippen molar-refractivity contribution in [2.75, 3.05) is 14.2 Å². The molecule has 2 heterocycles. The van der Waals surface area contributed by atoms with E-state index in [0.29, 0.717) is 0 Å². The summed E-state index contributed by atoms with van der Waals surface area (Å²) in [6.45, 7) is 0. The van der Waals surface area contributed by atoms with Crippen molar-refractivity contribution in [3.8, 4) is 23.3 Å². The Bertz CT molecular complexity index is 1780. The Balaban J connectivity index is 1.57. The van der Waals surface area contributed by atoms with Gasteiger partial charge in [-0.3, -0.25) is 20.2 Å². The first-order valence-corrected chi connectivity index (χ1v) is 14.1. The summed E-state index contributed by atoms with van der Waals surface area (Å²) in [6.07, 6.45) is -9.29. The van der Waals surface area contributed by atoms with Crippen molar-refractivity contribution in [2.45, 2.75) is 38.0 Å². The van der Waals surface area contributed by atoms with Gasteiger partial charge in [-0.2, -0.15) is 26.3 Å². The zero-order chi connectivity index (χ0) is 36.8. The van der Waals surface area contributed by atoms with Crippen LogP contribution in [0.1, 0.15) is 33.4 Å². The third-order valence-electron chi connectivity index (χ3n) is 7.08. The van der Waals surface area contributed by atoms with Crippen LogP contribution < -0.4 is 18.9 Å². The van der Waals surface area contributed by atoms with E-state index < -0.39 is 62.6 Å². The Labute approximate surface area is 277 Å². The lowest BCUT2D eigenvalue weighted by Gasteiger charge is -2.14. The predicted molar refractivity (Wildman–Crippen MR) is 159 cm³/mol. The minimum absolute atomic E-state index is 0.0388. The summed E-state index contributed by atoms with van der Waals surface area (Å²) in [5.74, 6) is -1.79. The Hall–Kier alpha value is -6.01. The number of pyridine rings is 2. The third-order valence-corrected chi connectivity index (χ3v) is 7.08. The molecule has 0 radical (unpaired) electrons. The molecule has 0 saturated heterocycles. The maximum atomic E-state index is 13.5. The molecule has 0 spiro atoms. The van der Waals surface area contributed by atoms with Crippen molar-refractivity contribution < 1.29 is 59.9 Å². The van der Waals surface area contributed by atoms with Gasteiger partial charge in [-0.25, -0.2) is 14.8 Å². The molecule has 4 rings (SSSR count). The molecule has 2 aromatic carbocycles. The van der Waals surface area contributed by atoms with Crippen LogP contribution in [0.5, 0.6) is 23.3 Å². The summed E-state index contributed by atoms with van der Waals surface area (Å²) in [4.78, 5) is 41.6. The van der Waals surface area contributed by atoms with Crippen molar-refractivity contribution in [3.63, 3.8) is 0 Å². The molecule has 0 unspecified atom stereocenters. The first-order valence-electron chi connectivity index (χ1n) is 14.1. The number of hydrogen-bond acceptors (Lipinski definition) is 11. The molecule has 0 amide bonds. The van der Waals surface area contributed by atoms with Gasteiger partial charge in [0.15, 0.2) is 0 Å². The molecule has 19 heteroatoms. The smallest absolute Gasteiger partial charge is 0.481 e. The molecular weight excluding hydrogens is 686 g/mol. The van der Waals surface area contributed by atoms with Gasteiger partial charge in [0.1, 0.15) is 22.6 Å². The molecule has 264 valence electrons. The second-order valence-corrected chi connectivity index (χ2v) is 10.3. The zero-order valence-corrected chi connectivity index (χ0v) is 25.8. The molecule has 4 aromatic rings. The normalized spacial score (nSPS) is 11.5. The number of methoxy groups -OCH3 is 2. The standard InChI is InChI=1S/C31H24F6N4O9/c1-47-27-23(30(32,33)34)11-17(15-38-27)3-5-19-13-21(40(43)44)7-9-25(19)49-29(42)50-26-10-8-22(41(45)46)14-20(26)6-4-18-12-24(31(35,36)37)28(48-2)39-16-18/h7-16H,3-6H2,1-2H3. The summed E-state index contributed by atoms with van der Waals surface area (Å²) >= 11 is 0. The lowest BCUT2D eigenvalue weighted by Crippen LogP contribution is -2.16. The van der Waals surface area contributed by atoms with Crippen LogP contribution >= 0.6 is 0 Å². The fourth-order valence-electron chi connectivity index (χ4n) is 4.70. The number of hydrogen-bond donors (Lipinski definition) is 0. The molecule has 0 bridgehead atoms. The van der Waals surface area contributed by atoms with Gasteiger partial charge in [0.25, 0.3) is 11.4 Å². The van der Waals surface area contributed by atoms with Crippen LogP contribution in [-0.2, 0) is 38.0 Å². The van der Waals surface area contributed by atoms with Gasteiger partial charge in [0, 0.05) is 47.8 Å². The van der Waals surface area contributed by atoms with Gasteiger partial charge in [-0.05, 0) is 61.1 Å². The van der Waals surface area contributed by atoms with Crippen LogP contribution in [-0.4, -0.2) is 40.2 Å². The number of nitro benzene ring substituents is 2. The number of nitrogens with zero attached hydrogens (tertiary/aromatic N) is 4. The molecule has 0 aliphatic rings. The van der Waals surface area contributed by atoms with E-state index in [1.54, 1.807) is 0 Å². The maximum Gasteiger partial charge on any atom is 0.519 e. The first-order chi connectivity index (χ1) is 23.5. The van der Waals surface area contributed by atoms with Gasteiger partial charge in [0.05, 0.1) is 24.1 Å². The molecule has 0 saturated carbocycles. The van der Waals surface area contributed by atoms with E-state index >= 15 is 0 Å². The molecule has 13 nitrogen and oxygen atoms in total. The average Bonchev–Trinajstić information content (AvgIpc) is 3.06. The van der Waals surface area contributed by atoms with E-state index in [0.717, 1.165) is 75.1 Å². The van der Waals surface area contributed by atoms with Crippen LogP contribution in [0.4, 0.5) is 42.5 Å². The van der Waals surface area contributed by atoms with E-state index in [4.69, 9.17) is 9.47 Å². The van der Waals surface area contributed by atoms with Crippen molar-refractivity contribution in [2.24, 2.45) is 0 Å². The highest BCUT2D eigenvalue weighted by Crippen LogP contribution is 2.37. The molecule has 0 aliphatic heterocycles. The van der Waals surface area contributed by atoms with E-state index in [2.05, 4.69) is 19.4 Å². The van der Waals surface area contributed by atoms with Crippen LogP contribution in [0.2, 0.25) is 0 Å². The number of rotatable bonds is 12. The van der Waals surface area contributed by atoms with E-state index in [1.165, 1.54) is 0 Å². The van der Waals surface area contributed by atoms with Crippen LogP contribution in [0.25, 0.3) is 0 Å².